The first-order chi connectivity index (χ1) is 19.9. The van der Waals surface area contributed by atoms with Gasteiger partial charge in [0.2, 0.25) is 0 Å². The van der Waals surface area contributed by atoms with Crippen molar-refractivity contribution in [1.29, 1.82) is 0 Å². The van der Waals surface area contributed by atoms with Crippen LogP contribution in [0.2, 0.25) is 17.7 Å². The van der Waals surface area contributed by atoms with Crippen LogP contribution in [0.3, 0.4) is 0 Å². The van der Waals surface area contributed by atoms with E-state index in [-0.39, 0.29) is 0 Å². The summed E-state index contributed by atoms with van der Waals surface area (Å²) in [6.45, 7) is 7.47. The quantitative estimate of drug-likeness (QED) is 0.168. The Morgan fingerprint density at radius 1 is 0.595 bits per heavy atom. The van der Waals surface area contributed by atoms with Gasteiger partial charge in [0.1, 0.15) is 0 Å². The average Bonchev–Trinajstić information content (AvgIpc) is 3.69. The Labute approximate surface area is 247 Å². The summed E-state index contributed by atoms with van der Waals surface area (Å²) in [5.74, 6) is 1.78. The zero-order valence-corrected chi connectivity index (χ0v) is 31.0. The van der Waals surface area contributed by atoms with Gasteiger partial charge in [0, 0.05) is 0 Å². The number of hydrogen-bond acceptors (Lipinski definition) is 2. The summed E-state index contributed by atoms with van der Waals surface area (Å²) >= 11 is -4.91. The summed E-state index contributed by atoms with van der Waals surface area (Å²) in [7, 11) is 3.45. The van der Waals surface area contributed by atoms with Crippen LogP contribution in [0.4, 0.5) is 0 Å². The Bertz CT molecular complexity index is 1770. The molecule has 6 rings (SSSR count). The van der Waals surface area contributed by atoms with Crippen LogP contribution >= 0.6 is 0 Å². The molecule has 0 radical (unpaired) electrons. The van der Waals surface area contributed by atoms with Gasteiger partial charge in [0.05, 0.1) is 0 Å². The molecule has 4 aromatic carbocycles. The molecular formula is C38H44HfO2Si. The van der Waals surface area contributed by atoms with Gasteiger partial charge in [0.15, 0.2) is 0 Å². The fraction of sp³-hybridized carbons (Fsp3) is 0.263. The summed E-state index contributed by atoms with van der Waals surface area (Å²) in [5, 5.41) is 0. The van der Waals surface area contributed by atoms with Crippen molar-refractivity contribution in [3.63, 3.8) is 0 Å². The summed E-state index contributed by atoms with van der Waals surface area (Å²) in [6.07, 6.45) is 10.1. The molecule has 216 valence electrons. The van der Waals surface area contributed by atoms with E-state index in [2.05, 4.69) is 139 Å². The number of fused-ring (bicyclic) bond motifs is 2. The van der Waals surface area contributed by atoms with Gasteiger partial charge in [-0.3, -0.25) is 0 Å². The molecule has 4 aromatic rings. The molecule has 2 unspecified atom stereocenters. The van der Waals surface area contributed by atoms with Crippen molar-refractivity contribution >= 4 is 19.1 Å². The first kappa shape index (κ1) is 29.1. The Kier molecular flexibility index (Phi) is 6.26. The van der Waals surface area contributed by atoms with Crippen molar-refractivity contribution in [3.05, 3.63) is 119 Å². The van der Waals surface area contributed by atoms with Crippen molar-refractivity contribution in [2.75, 3.05) is 14.2 Å². The molecule has 0 heterocycles. The first-order valence-corrected chi connectivity index (χ1v) is 40.1. The molecule has 0 aliphatic heterocycles. The van der Waals surface area contributed by atoms with Crippen LogP contribution in [0.1, 0.15) is 43.5 Å². The van der Waals surface area contributed by atoms with Gasteiger partial charge < -0.3 is 0 Å². The van der Waals surface area contributed by atoms with Gasteiger partial charge in [0.25, 0.3) is 0 Å². The third-order valence-electron chi connectivity index (χ3n) is 12.8. The molecule has 2 aliphatic rings. The molecule has 4 heteroatoms. The van der Waals surface area contributed by atoms with E-state index < -0.39 is 14.2 Å². The van der Waals surface area contributed by atoms with Crippen LogP contribution in [0.25, 0.3) is 34.4 Å². The van der Waals surface area contributed by atoms with Crippen molar-refractivity contribution < 1.29 is 23.7 Å². The zero-order chi connectivity index (χ0) is 29.9. The number of benzene rings is 4. The normalized spacial score (nSPS) is 19.7. The Morgan fingerprint density at radius 3 is 1.31 bits per heavy atom. The van der Waals surface area contributed by atoms with Gasteiger partial charge in [-0.1, -0.05) is 0 Å². The second kappa shape index (κ2) is 9.03. The van der Waals surface area contributed by atoms with Crippen molar-refractivity contribution in [1.82, 2.24) is 0 Å². The summed E-state index contributed by atoms with van der Waals surface area (Å²) < 4.78 is 19.7. The van der Waals surface area contributed by atoms with E-state index in [0.29, 0.717) is 7.35 Å². The summed E-state index contributed by atoms with van der Waals surface area (Å²) in [4.78, 5) is 0. The van der Waals surface area contributed by atoms with Gasteiger partial charge >= 0.3 is 249 Å². The van der Waals surface area contributed by atoms with E-state index in [0.717, 1.165) is 11.5 Å². The van der Waals surface area contributed by atoms with Crippen molar-refractivity contribution in [2.24, 2.45) is 0 Å². The van der Waals surface area contributed by atoms with E-state index in [1.54, 1.807) is 14.2 Å². The molecule has 0 amide bonds. The molecule has 2 nitrogen and oxygen atoms in total. The number of rotatable bonds is 8. The first-order valence-electron chi connectivity index (χ1n) is 15.4. The number of methoxy groups -OCH3 is 2. The predicted octanol–water partition coefficient (Wildman–Crippen LogP) is 10.2. The zero-order valence-electron chi connectivity index (χ0n) is 26.0. The molecule has 0 N–H and O–H groups in total. The number of allylic oxidation sites excluding steroid dienone is 2. The minimum atomic E-state index is -4.91. The van der Waals surface area contributed by atoms with Crippen LogP contribution in [0.15, 0.2) is 97.1 Å². The standard InChI is InChI=1S/2C16H13O.2C2H5.2CH3.Hf.H2Si/c2*1-17-14-10-8-13(9-11-14)16-7-3-5-12-4-2-6-15(12)16;2*1-2;;;;/h2*2-11H,1H3;2*1H2,2H3;2*1H3;;1H2. The molecule has 2 atom stereocenters. The molecule has 0 saturated heterocycles. The minimum absolute atomic E-state index is 0.404. The molecule has 0 spiro atoms. The Hall–Kier alpha value is -2.95. The summed E-state index contributed by atoms with van der Waals surface area (Å²) in [5.41, 5.74) is 10.9. The third kappa shape index (κ3) is 3.90. The molecule has 0 bridgehead atoms. The maximum atomic E-state index is 5.44. The fourth-order valence-corrected chi connectivity index (χ4v) is 43.2. The Morgan fingerprint density at radius 2 is 0.976 bits per heavy atom. The number of ether oxygens (including phenoxy) is 2. The van der Waals surface area contributed by atoms with Crippen LogP contribution in [-0.4, -0.2) is 21.2 Å². The van der Waals surface area contributed by atoms with Crippen LogP contribution in [0.5, 0.6) is 11.5 Å². The fourth-order valence-electron chi connectivity index (χ4n) is 8.41. The second-order valence-corrected chi connectivity index (χ2v) is 93.9. The monoisotopic (exact) mass is 740 g/mol. The molecule has 2 aliphatic carbocycles. The number of hydrogen-bond donors (Lipinski definition) is 0. The molecule has 42 heavy (non-hydrogen) atoms. The van der Waals surface area contributed by atoms with Crippen LogP contribution < -0.4 is 9.47 Å². The molecule has 0 aromatic heterocycles. The average molecular weight is 739 g/mol. The van der Waals surface area contributed by atoms with E-state index >= 15 is 0 Å². The Balaban J connectivity index is 1.53. The van der Waals surface area contributed by atoms with Crippen LogP contribution in [0, 0.1) is 0 Å². The van der Waals surface area contributed by atoms with Crippen molar-refractivity contribution in [2.45, 2.75) is 38.9 Å². The van der Waals surface area contributed by atoms with Gasteiger partial charge in [-0.15, -0.1) is 0 Å². The predicted molar refractivity (Wildman–Crippen MR) is 182 cm³/mol. The van der Waals surface area contributed by atoms with E-state index in [4.69, 9.17) is 9.47 Å². The van der Waals surface area contributed by atoms with Crippen molar-refractivity contribution in [3.8, 4) is 33.8 Å². The molecular weight excluding hydrogens is 695 g/mol. The van der Waals surface area contributed by atoms with Gasteiger partial charge in [-0.2, -0.15) is 0 Å². The van der Waals surface area contributed by atoms with E-state index in [9.17, 15) is 0 Å². The van der Waals surface area contributed by atoms with Gasteiger partial charge in [-0.05, 0) is 0 Å². The molecule has 0 saturated carbocycles. The second-order valence-electron chi connectivity index (χ2n) is 15.4. The van der Waals surface area contributed by atoms with E-state index in [1.807, 2.05) is 0 Å². The summed E-state index contributed by atoms with van der Waals surface area (Å²) in [6, 6.07) is 31.0. The maximum absolute atomic E-state index is 5.44. The van der Waals surface area contributed by atoms with Gasteiger partial charge in [-0.25, -0.2) is 0 Å². The SMILES string of the molecule is C[CH2][Hf]([CH3])([CH3])(=[SiH2])([CH2]C)([CH]1C=Cc2c(-c3ccc(OC)cc3)cccc21)[CH]1C=Cc2c(-c3ccc(OC)cc3)cccc21. The third-order valence-corrected chi connectivity index (χ3v) is 76.0. The van der Waals surface area contributed by atoms with E-state index in [1.165, 1.54) is 52.9 Å². The van der Waals surface area contributed by atoms with Crippen LogP contribution in [-0.2, 0) is 14.2 Å². The molecule has 0 fully saturated rings. The topological polar surface area (TPSA) is 18.5 Å².